The van der Waals surface area contributed by atoms with Crippen LogP contribution in [-0.2, 0) is 4.79 Å². The molecule has 1 aliphatic carbocycles. The van der Waals surface area contributed by atoms with Crippen LogP contribution in [0, 0.1) is 0 Å². The Morgan fingerprint density at radius 2 is 1.63 bits per heavy atom. The van der Waals surface area contributed by atoms with Crippen molar-refractivity contribution < 1.29 is 14.7 Å². The topological polar surface area (TPSA) is 78.4 Å². The van der Waals surface area contributed by atoms with Crippen LogP contribution in [0.3, 0.4) is 0 Å². The van der Waals surface area contributed by atoms with Gasteiger partial charge in [0.1, 0.15) is 0 Å². The molecule has 5 nitrogen and oxygen atoms in total. The zero-order valence-electron chi connectivity index (χ0n) is 15.2. The lowest BCUT2D eigenvalue weighted by Crippen LogP contribution is -2.20. The van der Waals surface area contributed by atoms with Crippen molar-refractivity contribution in [2.24, 2.45) is 0 Å². The molecule has 1 saturated carbocycles. The molecular formula is C22H24N2O3. The van der Waals surface area contributed by atoms with Gasteiger partial charge in [-0.1, -0.05) is 49.6 Å². The van der Waals surface area contributed by atoms with Crippen LogP contribution < -0.4 is 10.6 Å². The van der Waals surface area contributed by atoms with E-state index in [1.54, 1.807) is 24.3 Å². The minimum atomic E-state index is -1.03. The van der Waals surface area contributed by atoms with Gasteiger partial charge >= 0.3 is 12.0 Å². The summed E-state index contributed by atoms with van der Waals surface area (Å²) >= 11 is 0. The third-order valence-corrected chi connectivity index (χ3v) is 4.86. The molecule has 0 aliphatic heterocycles. The minimum absolute atomic E-state index is 0.364. The SMILES string of the molecule is O=C(O)C=Cc1ccccc1NC(=O)Nc1ccc(C2CCCCC2)cc1. The molecule has 0 radical (unpaired) electrons. The van der Waals surface area contributed by atoms with Gasteiger partial charge in [0.05, 0.1) is 0 Å². The van der Waals surface area contributed by atoms with Gasteiger partial charge in [-0.05, 0) is 54.2 Å². The Hall–Kier alpha value is -3.08. The lowest BCUT2D eigenvalue weighted by Gasteiger charge is -2.22. The van der Waals surface area contributed by atoms with Gasteiger partial charge in [0, 0.05) is 17.5 Å². The largest absolute Gasteiger partial charge is 0.478 e. The summed E-state index contributed by atoms with van der Waals surface area (Å²) in [4.78, 5) is 23.0. The van der Waals surface area contributed by atoms with Crippen molar-refractivity contribution >= 4 is 29.5 Å². The smallest absolute Gasteiger partial charge is 0.328 e. The van der Waals surface area contributed by atoms with Gasteiger partial charge in [-0.2, -0.15) is 0 Å². The highest BCUT2D eigenvalue weighted by Gasteiger charge is 2.15. The number of anilines is 2. The zero-order valence-corrected chi connectivity index (χ0v) is 15.2. The fourth-order valence-corrected chi connectivity index (χ4v) is 3.48. The summed E-state index contributed by atoms with van der Waals surface area (Å²) in [6.07, 6.45) is 8.91. The molecule has 140 valence electrons. The molecule has 27 heavy (non-hydrogen) atoms. The van der Waals surface area contributed by atoms with Crippen LogP contribution >= 0.6 is 0 Å². The van der Waals surface area contributed by atoms with Gasteiger partial charge in [-0.25, -0.2) is 9.59 Å². The molecule has 5 heteroatoms. The summed E-state index contributed by atoms with van der Waals surface area (Å²) in [5, 5.41) is 14.4. The number of carboxylic acids is 1. The van der Waals surface area contributed by atoms with Gasteiger partial charge in [-0.15, -0.1) is 0 Å². The normalized spacial score (nSPS) is 14.8. The average molecular weight is 364 g/mol. The Bertz CT molecular complexity index is 822. The number of benzene rings is 2. The summed E-state index contributed by atoms with van der Waals surface area (Å²) in [6, 6.07) is 14.7. The zero-order chi connectivity index (χ0) is 19.1. The number of rotatable bonds is 5. The van der Waals surface area contributed by atoms with Crippen LogP contribution in [0.4, 0.5) is 16.2 Å². The molecule has 1 fully saturated rings. The predicted molar refractivity (Wildman–Crippen MR) is 108 cm³/mol. The Morgan fingerprint density at radius 3 is 2.33 bits per heavy atom. The van der Waals surface area contributed by atoms with Crippen molar-refractivity contribution in [2.75, 3.05) is 10.6 Å². The highest BCUT2D eigenvalue weighted by Crippen LogP contribution is 2.33. The number of carbonyl (C=O) groups excluding carboxylic acids is 1. The molecule has 0 bridgehead atoms. The van der Waals surface area contributed by atoms with Crippen molar-refractivity contribution in [3.8, 4) is 0 Å². The fourth-order valence-electron chi connectivity index (χ4n) is 3.48. The van der Waals surface area contributed by atoms with Crippen LogP contribution in [0.2, 0.25) is 0 Å². The van der Waals surface area contributed by atoms with E-state index in [4.69, 9.17) is 5.11 Å². The number of para-hydroxylation sites is 1. The molecule has 0 spiro atoms. The average Bonchev–Trinajstić information content (AvgIpc) is 2.68. The summed E-state index contributed by atoms with van der Waals surface area (Å²) in [7, 11) is 0. The van der Waals surface area contributed by atoms with Gasteiger partial charge < -0.3 is 15.7 Å². The quantitative estimate of drug-likeness (QED) is 0.615. The molecule has 3 N–H and O–H groups in total. The van der Waals surface area contributed by atoms with Crippen LogP contribution in [0.1, 0.15) is 49.1 Å². The molecule has 0 unspecified atom stereocenters. The van der Waals surface area contributed by atoms with Crippen molar-refractivity contribution in [1.82, 2.24) is 0 Å². The first-order chi connectivity index (χ1) is 13.1. The highest BCUT2D eigenvalue weighted by molar-refractivity contribution is 6.01. The van der Waals surface area contributed by atoms with Crippen LogP contribution in [0.25, 0.3) is 6.08 Å². The second-order valence-electron chi connectivity index (χ2n) is 6.79. The number of carboxylic acid groups (broad SMARTS) is 1. The summed E-state index contributed by atoms with van der Waals surface area (Å²) in [6.45, 7) is 0. The Labute approximate surface area is 159 Å². The predicted octanol–water partition coefficient (Wildman–Crippen LogP) is 5.48. The maximum Gasteiger partial charge on any atom is 0.328 e. The number of carbonyl (C=O) groups is 2. The van der Waals surface area contributed by atoms with E-state index in [1.807, 2.05) is 12.1 Å². The third kappa shape index (κ3) is 5.45. The molecule has 0 heterocycles. The first-order valence-electron chi connectivity index (χ1n) is 9.30. The lowest BCUT2D eigenvalue weighted by molar-refractivity contribution is -0.131. The summed E-state index contributed by atoms with van der Waals surface area (Å²) in [5.41, 5.74) is 3.24. The number of hydrogen-bond acceptors (Lipinski definition) is 2. The van der Waals surface area contributed by atoms with Gasteiger partial charge in [0.15, 0.2) is 0 Å². The molecule has 2 aromatic carbocycles. The molecule has 0 saturated heterocycles. The summed E-state index contributed by atoms with van der Waals surface area (Å²) < 4.78 is 0. The van der Waals surface area contributed by atoms with Crippen molar-refractivity contribution in [3.05, 3.63) is 65.7 Å². The van der Waals surface area contributed by atoms with Gasteiger partial charge in [0.2, 0.25) is 0 Å². The van der Waals surface area contributed by atoms with Crippen molar-refractivity contribution in [2.45, 2.75) is 38.0 Å². The second-order valence-corrected chi connectivity index (χ2v) is 6.79. The molecule has 0 aromatic heterocycles. The fraction of sp³-hybridized carbons (Fsp3) is 0.273. The first-order valence-corrected chi connectivity index (χ1v) is 9.30. The van der Waals surface area contributed by atoms with Gasteiger partial charge in [0.25, 0.3) is 0 Å². The molecule has 0 atom stereocenters. The molecule has 3 rings (SSSR count). The van der Waals surface area contributed by atoms with Crippen LogP contribution in [-0.4, -0.2) is 17.1 Å². The minimum Gasteiger partial charge on any atom is -0.478 e. The van der Waals surface area contributed by atoms with E-state index in [9.17, 15) is 9.59 Å². The Balaban J connectivity index is 1.62. The van der Waals surface area contributed by atoms with E-state index in [0.29, 0.717) is 17.2 Å². The van der Waals surface area contributed by atoms with Gasteiger partial charge in [-0.3, -0.25) is 0 Å². The van der Waals surface area contributed by atoms with Crippen LogP contribution in [0.5, 0.6) is 0 Å². The standard InChI is InChI=1S/C22H24N2O3/c25-21(26)15-12-18-8-4-5-9-20(18)24-22(27)23-19-13-10-17(11-14-19)16-6-2-1-3-7-16/h4-5,8-16H,1-3,6-7H2,(H,25,26)(H2,23,24,27). The number of aliphatic carboxylic acids is 1. The number of amides is 2. The monoisotopic (exact) mass is 364 g/mol. The third-order valence-electron chi connectivity index (χ3n) is 4.86. The number of urea groups is 1. The Kier molecular flexibility index (Phi) is 6.26. The molecule has 2 aromatic rings. The maximum atomic E-state index is 12.3. The van der Waals surface area contributed by atoms with E-state index in [2.05, 4.69) is 22.8 Å². The number of nitrogens with one attached hydrogen (secondary N) is 2. The molecule has 1 aliphatic rings. The van der Waals surface area contributed by atoms with E-state index >= 15 is 0 Å². The molecular weight excluding hydrogens is 340 g/mol. The lowest BCUT2D eigenvalue weighted by atomic mass is 9.84. The van der Waals surface area contributed by atoms with Crippen molar-refractivity contribution in [1.29, 1.82) is 0 Å². The van der Waals surface area contributed by atoms with E-state index in [1.165, 1.54) is 43.7 Å². The highest BCUT2D eigenvalue weighted by atomic mass is 16.4. The van der Waals surface area contributed by atoms with E-state index < -0.39 is 5.97 Å². The number of hydrogen-bond donors (Lipinski definition) is 3. The van der Waals surface area contributed by atoms with Crippen molar-refractivity contribution in [3.63, 3.8) is 0 Å². The second kappa shape index (κ2) is 9.03. The van der Waals surface area contributed by atoms with Crippen LogP contribution in [0.15, 0.2) is 54.6 Å². The molecule has 2 amide bonds. The van der Waals surface area contributed by atoms with E-state index in [0.717, 1.165) is 11.8 Å². The van der Waals surface area contributed by atoms with E-state index in [-0.39, 0.29) is 6.03 Å². The first kappa shape index (κ1) is 18.7. The maximum absolute atomic E-state index is 12.3. The summed E-state index contributed by atoms with van der Waals surface area (Å²) in [5.74, 6) is -0.401. The Morgan fingerprint density at radius 1 is 0.926 bits per heavy atom.